The Morgan fingerprint density at radius 1 is 1.30 bits per heavy atom. The van der Waals surface area contributed by atoms with Crippen LogP contribution in [0.4, 0.5) is 0 Å². The number of nitrogens with zero attached hydrogens (tertiary/aromatic N) is 2. The van der Waals surface area contributed by atoms with Crippen molar-refractivity contribution in [2.45, 2.75) is 44.9 Å². The second-order valence-electron chi connectivity index (χ2n) is 7.72. The lowest BCUT2D eigenvalue weighted by atomic mass is 9.74. The first kappa shape index (κ1) is 22.3. The number of guanidine groups is 1. The zero-order chi connectivity index (χ0) is 18.4. The first-order chi connectivity index (χ1) is 12.6. The highest BCUT2D eigenvalue weighted by atomic mass is 127. The predicted molar refractivity (Wildman–Crippen MR) is 121 cm³/mol. The molecule has 0 amide bonds. The molecule has 1 aromatic rings. The Labute approximate surface area is 180 Å². The van der Waals surface area contributed by atoms with E-state index < -0.39 is 0 Å². The lowest BCUT2D eigenvalue weighted by Gasteiger charge is -2.37. The van der Waals surface area contributed by atoms with Crippen LogP contribution in [0.5, 0.6) is 5.75 Å². The van der Waals surface area contributed by atoms with Crippen molar-refractivity contribution in [3.63, 3.8) is 0 Å². The minimum absolute atomic E-state index is 0. The van der Waals surface area contributed by atoms with E-state index in [4.69, 9.17) is 20.2 Å². The Balaban J connectivity index is 0.00000261. The van der Waals surface area contributed by atoms with Gasteiger partial charge in [-0.25, -0.2) is 0 Å². The molecule has 152 valence electrons. The maximum atomic E-state index is 6.35. The molecule has 1 unspecified atom stereocenters. The Hall–Kier alpha value is -1.02. The molecule has 0 saturated carbocycles. The van der Waals surface area contributed by atoms with Crippen molar-refractivity contribution in [1.29, 1.82) is 0 Å². The molecule has 0 radical (unpaired) electrons. The molecule has 2 N–H and O–H groups in total. The fourth-order valence-electron chi connectivity index (χ4n) is 4.10. The summed E-state index contributed by atoms with van der Waals surface area (Å²) in [5, 5.41) is 0. The number of nitrogens with two attached hydrogens (primary N) is 1. The summed E-state index contributed by atoms with van der Waals surface area (Å²) >= 11 is 0. The van der Waals surface area contributed by atoms with Crippen LogP contribution in [0.15, 0.2) is 29.3 Å². The van der Waals surface area contributed by atoms with E-state index in [1.807, 2.05) is 6.92 Å². The zero-order valence-corrected chi connectivity index (χ0v) is 19.0. The number of halogens is 1. The van der Waals surface area contributed by atoms with Gasteiger partial charge in [0.1, 0.15) is 5.75 Å². The van der Waals surface area contributed by atoms with E-state index in [2.05, 4.69) is 36.1 Å². The van der Waals surface area contributed by atoms with Crippen molar-refractivity contribution in [2.24, 2.45) is 16.6 Å². The molecule has 1 atom stereocenters. The van der Waals surface area contributed by atoms with Crippen molar-refractivity contribution in [2.75, 3.05) is 39.5 Å². The van der Waals surface area contributed by atoms with E-state index in [9.17, 15) is 0 Å². The summed E-state index contributed by atoms with van der Waals surface area (Å²) in [7, 11) is 0. The van der Waals surface area contributed by atoms with Crippen LogP contribution in [0.25, 0.3) is 0 Å². The van der Waals surface area contributed by atoms with Gasteiger partial charge in [-0.15, -0.1) is 24.0 Å². The number of piperidine rings is 1. The third kappa shape index (κ3) is 5.73. The molecular weight excluding hydrogens is 453 g/mol. The van der Waals surface area contributed by atoms with Crippen molar-refractivity contribution in [3.8, 4) is 5.75 Å². The van der Waals surface area contributed by atoms with Gasteiger partial charge in [-0.3, -0.25) is 4.99 Å². The Bertz CT molecular complexity index is 600. The molecule has 0 bridgehead atoms. The highest BCUT2D eigenvalue weighted by Crippen LogP contribution is 2.36. The SMILES string of the molecule is CCOc1ccc(C2(CN=C(N)N3CCCC(C)C3)CCOCC2)cc1.I. The molecule has 0 spiro atoms. The largest absolute Gasteiger partial charge is 0.494 e. The number of rotatable bonds is 5. The molecule has 2 fully saturated rings. The Morgan fingerprint density at radius 2 is 2.00 bits per heavy atom. The maximum Gasteiger partial charge on any atom is 0.191 e. The monoisotopic (exact) mass is 487 g/mol. The second kappa shape index (κ2) is 10.5. The predicted octanol–water partition coefficient (Wildman–Crippen LogP) is 3.80. The van der Waals surface area contributed by atoms with Gasteiger partial charge in [0.25, 0.3) is 0 Å². The van der Waals surface area contributed by atoms with Crippen molar-refractivity contribution in [1.82, 2.24) is 4.90 Å². The van der Waals surface area contributed by atoms with Crippen LogP contribution in [-0.4, -0.2) is 50.3 Å². The standard InChI is InChI=1S/C21H33N3O2.HI/c1-3-26-19-8-6-18(7-9-19)21(10-13-25-14-11-21)16-23-20(22)24-12-4-5-17(2)15-24;/h6-9,17H,3-5,10-16H2,1-2H3,(H2,22,23);1H. The van der Waals surface area contributed by atoms with Gasteiger partial charge in [0.05, 0.1) is 13.2 Å². The first-order valence-corrected chi connectivity index (χ1v) is 9.99. The molecule has 5 nitrogen and oxygen atoms in total. The van der Waals surface area contributed by atoms with E-state index in [0.717, 1.165) is 51.4 Å². The third-order valence-corrected chi connectivity index (χ3v) is 5.75. The summed E-state index contributed by atoms with van der Waals surface area (Å²) in [6.07, 6.45) is 4.45. The van der Waals surface area contributed by atoms with Crippen LogP contribution >= 0.6 is 24.0 Å². The highest BCUT2D eigenvalue weighted by Gasteiger charge is 2.34. The van der Waals surface area contributed by atoms with E-state index in [1.54, 1.807) is 0 Å². The average molecular weight is 487 g/mol. The molecule has 0 aromatic heterocycles. The smallest absolute Gasteiger partial charge is 0.191 e. The lowest BCUT2D eigenvalue weighted by Crippen LogP contribution is -2.45. The molecular formula is C21H34IN3O2. The number of hydrogen-bond donors (Lipinski definition) is 1. The van der Waals surface area contributed by atoms with Gasteiger partial charge < -0.3 is 20.1 Å². The van der Waals surface area contributed by atoms with Gasteiger partial charge in [-0.2, -0.15) is 0 Å². The van der Waals surface area contributed by atoms with Crippen LogP contribution in [0.1, 0.15) is 45.1 Å². The van der Waals surface area contributed by atoms with Crippen molar-refractivity contribution >= 4 is 29.9 Å². The van der Waals surface area contributed by atoms with E-state index in [1.165, 1.54) is 18.4 Å². The topological polar surface area (TPSA) is 60.1 Å². The zero-order valence-electron chi connectivity index (χ0n) is 16.7. The normalized spacial score (nSPS) is 22.8. The van der Waals surface area contributed by atoms with Crippen LogP contribution in [0.2, 0.25) is 0 Å². The fraction of sp³-hybridized carbons (Fsp3) is 0.667. The van der Waals surface area contributed by atoms with Crippen molar-refractivity contribution in [3.05, 3.63) is 29.8 Å². The summed E-state index contributed by atoms with van der Waals surface area (Å²) in [4.78, 5) is 7.10. The van der Waals surface area contributed by atoms with Gasteiger partial charge in [0, 0.05) is 31.7 Å². The fourth-order valence-corrected chi connectivity index (χ4v) is 4.10. The molecule has 27 heavy (non-hydrogen) atoms. The summed E-state index contributed by atoms with van der Waals surface area (Å²) in [5.41, 5.74) is 7.67. The highest BCUT2D eigenvalue weighted by molar-refractivity contribution is 14.0. The third-order valence-electron chi connectivity index (χ3n) is 5.75. The van der Waals surface area contributed by atoms with E-state index in [0.29, 0.717) is 18.5 Å². The number of ether oxygens (including phenoxy) is 2. The van der Waals surface area contributed by atoms with E-state index in [-0.39, 0.29) is 29.4 Å². The van der Waals surface area contributed by atoms with Gasteiger partial charge >= 0.3 is 0 Å². The van der Waals surface area contributed by atoms with Crippen LogP contribution in [-0.2, 0) is 10.2 Å². The summed E-state index contributed by atoms with van der Waals surface area (Å²) in [6, 6.07) is 8.50. The lowest BCUT2D eigenvalue weighted by molar-refractivity contribution is 0.0530. The number of hydrogen-bond acceptors (Lipinski definition) is 3. The minimum atomic E-state index is 0. The maximum absolute atomic E-state index is 6.35. The van der Waals surface area contributed by atoms with Crippen LogP contribution in [0, 0.1) is 5.92 Å². The molecule has 2 heterocycles. The molecule has 6 heteroatoms. The van der Waals surface area contributed by atoms with E-state index >= 15 is 0 Å². The molecule has 1 aromatic carbocycles. The molecule has 3 rings (SSSR count). The van der Waals surface area contributed by atoms with Gasteiger partial charge in [0.15, 0.2) is 5.96 Å². The average Bonchev–Trinajstić information content (AvgIpc) is 2.68. The minimum Gasteiger partial charge on any atom is -0.494 e. The molecule has 0 aliphatic carbocycles. The van der Waals surface area contributed by atoms with Gasteiger partial charge in [-0.1, -0.05) is 19.1 Å². The quantitative estimate of drug-likeness (QED) is 0.390. The molecule has 2 aliphatic heterocycles. The number of likely N-dealkylation sites (tertiary alicyclic amines) is 1. The Morgan fingerprint density at radius 3 is 2.63 bits per heavy atom. The van der Waals surface area contributed by atoms with Crippen LogP contribution < -0.4 is 10.5 Å². The molecule has 2 aliphatic rings. The van der Waals surface area contributed by atoms with Gasteiger partial charge in [-0.05, 0) is 56.2 Å². The van der Waals surface area contributed by atoms with Gasteiger partial charge in [0.2, 0.25) is 0 Å². The summed E-state index contributed by atoms with van der Waals surface area (Å²) in [5.74, 6) is 2.32. The summed E-state index contributed by atoms with van der Waals surface area (Å²) in [6.45, 7) is 9.32. The summed E-state index contributed by atoms with van der Waals surface area (Å²) < 4.78 is 11.2. The second-order valence-corrected chi connectivity index (χ2v) is 7.72. The van der Waals surface area contributed by atoms with Crippen LogP contribution in [0.3, 0.4) is 0 Å². The Kier molecular flexibility index (Phi) is 8.66. The molecule has 2 saturated heterocycles. The van der Waals surface area contributed by atoms with Crippen molar-refractivity contribution < 1.29 is 9.47 Å². The number of benzene rings is 1. The first-order valence-electron chi connectivity index (χ1n) is 9.99. The number of aliphatic imine (C=N–C) groups is 1.